The molecular weight excluding hydrogens is 364 g/mol. The predicted molar refractivity (Wildman–Crippen MR) is 86.2 cm³/mol. The summed E-state index contributed by atoms with van der Waals surface area (Å²) in [6.07, 6.45) is 1.67. The highest BCUT2D eigenvalue weighted by Gasteiger charge is 2.12. The number of amides is 1. The van der Waals surface area contributed by atoms with E-state index in [2.05, 4.69) is 31.5 Å². The van der Waals surface area contributed by atoms with Gasteiger partial charge in [0, 0.05) is 16.7 Å². The van der Waals surface area contributed by atoms with Crippen LogP contribution in [0.15, 0.2) is 51.6 Å². The highest BCUT2D eigenvalue weighted by atomic mass is 79.9. The van der Waals surface area contributed by atoms with Crippen LogP contribution in [0.25, 0.3) is 0 Å². The van der Waals surface area contributed by atoms with E-state index in [9.17, 15) is 4.79 Å². The number of hydrogen-bond acceptors (Lipinski definition) is 5. The molecule has 1 N–H and O–H groups in total. The number of aromatic nitrogens is 3. The van der Waals surface area contributed by atoms with Crippen LogP contribution in [-0.4, -0.2) is 20.8 Å². The van der Waals surface area contributed by atoms with Crippen LogP contribution < -0.4 is 10.1 Å². The Morgan fingerprint density at radius 1 is 1.35 bits per heavy atom. The molecule has 2 heterocycles. The van der Waals surface area contributed by atoms with Gasteiger partial charge in [0.1, 0.15) is 11.5 Å². The summed E-state index contributed by atoms with van der Waals surface area (Å²) in [6, 6.07) is 10.7. The van der Waals surface area contributed by atoms with Gasteiger partial charge in [-0.1, -0.05) is 21.1 Å². The Balaban J connectivity index is 1.59. The minimum atomic E-state index is -0.360. The Hall–Kier alpha value is -2.61. The minimum absolute atomic E-state index is 0.206. The quantitative estimate of drug-likeness (QED) is 0.738. The molecule has 0 saturated carbocycles. The highest BCUT2D eigenvalue weighted by Crippen LogP contribution is 2.16. The zero-order valence-corrected chi connectivity index (χ0v) is 13.8. The molecule has 0 unspecified atom stereocenters. The van der Waals surface area contributed by atoms with Crippen molar-refractivity contribution in [3.8, 4) is 5.75 Å². The molecule has 0 saturated heterocycles. The van der Waals surface area contributed by atoms with E-state index in [-0.39, 0.29) is 18.3 Å². The van der Waals surface area contributed by atoms with Crippen LogP contribution in [0.5, 0.6) is 5.75 Å². The average molecular weight is 377 g/mol. The maximum absolute atomic E-state index is 12.0. The summed E-state index contributed by atoms with van der Waals surface area (Å²) in [5.41, 5.74) is 0.269. The van der Waals surface area contributed by atoms with Gasteiger partial charge in [-0.15, -0.1) is 0 Å². The molecule has 0 atom stereocenters. The molecule has 0 radical (unpaired) electrons. The van der Waals surface area contributed by atoms with Crippen molar-refractivity contribution in [2.75, 3.05) is 5.32 Å². The molecule has 0 spiro atoms. The topological polar surface area (TPSA) is 82.2 Å². The molecule has 0 aliphatic carbocycles. The third-order valence-electron chi connectivity index (χ3n) is 2.92. The third kappa shape index (κ3) is 3.98. The second-order valence-electron chi connectivity index (χ2n) is 4.74. The summed E-state index contributed by atoms with van der Waals surface area (Å²) in [5, 5.41) is 10.5. The Bertz CT molecular complexity index is 810. The number of hydrogen-bond donors (Lipinski definition) is 1. The first-order chi connectivity index (χ1) is 11.1. The van der Waals surface area contributed by atoms with Gasteiger partial charge in [0.15, 0.2) is 18.2 Å². The maximum Gasteiger partial charge on any atom is 0.277 e. The van der Waals surface area contributed by atoms with Crippen molar-refractivity contribution < 1.29 is 14.1 Å². The fraction of sp³-hybridized carbons (Fsp3) is 0.133. The lowest BCUT2D eigenvalue weighted by Gasteiger charge is -2.06. The Morgan fingerprint density at radius 3 is 2.83 bits per heavy atom. The van der Waals surface area contributed by atoms with Crippen LogP contribution in [0, 0.1) is 6.92 Å². The normalized spacial score (nSPS) is 10.5. The van der Waals surface area contributed by atoms with E-state index in [1.807, 2.05) is 24.3 Å². The average Bonchev–Trinajstić information content (AvgIpc) is 3.16. The van der Waals surface area contributed by atoms with Crippen molar-refractivity contribution in [3.63, 3.8) is 0 Å². The van der Waals surface area contributed by atoms with E-state index in [1.54, 1.807) is 25.3 Å². The predicted octanol–water partition coefficient (Wildman–Crippen LogP) is 3.23. The first-order valence-corrected chi connectivity index (χ1v) is 7.56. The smallest absolute Gasteiger partial charge is 0.277 e. The van der Waals surface area contributed by atoms with E-state index in [0.717, 1.165) is 4.47 Å². The summed E-state index contributed by atoms with van der Waals surface area (Å²) < 4.78 is 13.0. The number of carbonyl (C=O) groups excluding carboxylic acids is 1. The molecule has 1 aromatic carbocycles. The molecule has 23 heavy (non-hydrogen) atoms. The number of carbonyl (C=O) groups is 1. The number of nitrogens with one attached hydrogen (secondary N) is 1. The van der Waals surface area contributed by atoms with Crippen LogP contribution in [0.2, 0.25) is 0 Å². The van der Waals surface area contributed by atoms with E-state index in [0.29, 0.717) is 17.3 Å². The number of halogens is 1. The Labute approximate surface area is 140 Å². The lowest BCUT2D eigenvalue weighted by molar-refractivity contribution is 0.101. The number of ether oxygens (including phenoxy) is 1. The van der Waals surface area contributed by atoms with Crippen molar-refractivity contribution in [3.05, 3.63) is 58.5 Å². The highest BCUT2D eigenvalue weighted by molar-refractivity contribution is 9.10. The van der Waals surface area contributed by atoms with E-state index in [4.69, 9.17) is 9.26 Å². The molecule has 0 aliphatic rings. The molecule has 7 nitrogen and oxygen atoms in total. The second-order valence-corrected chi connectivity index (χ2v) is 5.66. The molecule has 0 bridgehead atoms. The van der Waals surface area contributed by atoms with Gasteiger partial charge in [-0.25, -0.2) is 4.68 Å². The molecule has 3 aromatic rings. The van der Waals surface area contributed by atoms with Gasteiger partial charge in [0.25, 0.3) is 5.91 Å². The van der Waals surface area contributed by atoms with Gasteiger partial charge in [-0.2, -0.15) is 5.10 Å². The van der Waals surface area contributed by atoms with Crippen molar-refractivity contribution in [2.24, 2.45) is 0 Å². The maximum atomic E-state index is 12.0. The van der Waals surface area contributed by atoms with Gasteiger partial charge in [-0.3, -0.25) is 4.79 Å². The minimum Gasteiger partial charge on any atom is -0.471 e. The van der Waals surface area contributed by atoms with Crippen molar-refractivity contribution in [1.82, 2.24) is 14.9 Å². The molecule has 1 amide bonds. The fourth-order valence-corrected chi connectivity index (χ4v) is 2.10. The van der Waals surface area contributed by atoms with Crippen molar-refractivity contribution in [1.29, 1.82) is 0 Å². The third-order valence-corrected chi connectivity index (χ3v) is 3.45. The monoisotopic (exact) mass is 376 g/mol. The largest absolute Gasteiger partial charge is 0.471 e. The first kappa shape index (κ1) is 15.3. The SMILES string of the molecule is Cc1cc(NC(=O)c2ccn(COc3ccc(Br)cc3)n2)no1. The number of rotatable bonds is 5. The van der Waals surface area contributed by atoms with Crippen molar-refractivity contribution in [2.45, 2.75) is 13.7 Å². The van der Waals surface area contributed by atoms with Crippen molar-refractivity contribution >= 4 is 27.7 Å². The van der Waals surface area contributed by atoms with Crippen LogP contribution >= 0.6 is 15.9 Å². The van der Waals surface area contributed by atoms with Gasteiger partial charge in [0.05, 0.1) is 0 Å². The number of anilines is 1. The zero-order valence-electron chi connectivity index (χ0n) is 12.2. The molecule has 0 aliphatic heterocycles. The van der Waals surface area contributed by atoms with Crippen LogP contribution in [0.3, 0.4) is 0 Å². The number of benzene rings is 1. The zero-order chi connectivity index (χ0) is 16.2. The summed E-state index contributed by atoms with van der Waals surface area (Å²) in [5.74, 6) is 1.33. The van der Waals surface area contributed by atoms with E-state index in [1.165, 1.54) is 4.68 Å². The first-order valence-electron chi connectivity index (χ1n) is 6.76. The number of nitrogens with zero attached hydrogens (tertiary/aromatic N) is 3. The molecule has 2 aromatic heterocycles. The lowest BCUT2D eigenvalue weighted by atomic mass is 10.3. The lowest BCUT2D eigenvalue weighted by Crippen LogP contribution is -2.14. The summed E-state index contributed by atoms with van der Waals surface area (Å²) >= 11 is 3.36. The standard InChI is InChI=1S/C15H13BrN4O3/c1-10-8-14(19-23-10)17-15(21)13-6-7-20(18-13)9-22-12-4-2-11(16)3-5-12/h2-8H,9H2,1H3,(H,17,19,21). The molecular formula is C15H13BrN4O3. The summed E-state index contributed by atoms with van der Waals surface area (Å²) in [6.45, 7) is 1.95. The van der Waals surface area contributed by atoms with Gasteiger partial charge < -0.3 is 14.6 Å². The molecule has 8 heteroatoms. The van der Waals surface area contributed by atoms with Gasteiger partial charge >= 0.3 is 0 Å². The van der Waals surface area contributed by atoms with Crippen LogP contribution in [0.4, 0.5) is 5.82 Å². The van der Waals surface area contributed by atoms with Gasteiger partial charge in [-0.05, 0) is 37.3 Å². The Morgan fingerprint density at radius 2 is 2.13 bits per heavy atom. The van der Waals surface area contributed by atoms with E-state index >= 15 is 0 Å². The Kier molecular flexibility index (Phi) is 4.42. The number of aryl methyl sites for hydroxylation is 1. The van der Waals surface area contributed by atoms with E-state index < -0.39 is 0 Å². The fourth-order valence-electron chi connectivity index (χ4n) is 1.83. The van der Waals surface area contributed by atoms with Crippen LogP contribution in [0.1, 0.15) is 16.2 Å². The molecule has 3 rings (SSSR count). The van der Waals surface area contributed by atoms with Gasteiger partial charge in [0.2, 0.25) is 0 Å². The molecule has 0 fully saturated rings. The van der Waals surface area contributed by atoms with Crippen LogP contribution in [-0.2, 0) is 6.73 Å². The summed E-state index contributed by atoms with van der Waals surface area (Å²) in [4.78, 5) is 12.0. The second kappa shape index (κ2) is 6.66. The molecule has 118 valence electrons. The summed E-state index contributed by atoms with van der Waals surface area (Å²) in [7, 11) is 0.